The lowest BCUT2D eigenvalue weighted by Gasteiger charge is -2.38. The van der Waals surface area contributed by atoms with Crippen LogP contribution in [-0.4, -0.2) is 50.1 Å². The summed E-state index contributed by atoms with van der Waals surface area (Å²) in [6.07, 6.45) is 4.53. The van der Waals surface area contributed by atoms with Gasteiger partial charge in [0.05, 0.1) is 6.04 Å². The number of para-hydroxylation sites is 1. The third kappa shape index (κ3) is 3.50. The molecule has 2 aliphatic heterocycles. The molecule has 2 heterocycles. The van der Waals surface area contributed by atoms with Crippen LogP contribution in [0.15, 0.2) is 30.3 Å². The fourth-order valence-corrected chi connectivity index (χ4v) is 3.73. The molecule has 1 N–H and O–H groups in total. The van der Waals surface area contributed by atoms with Crippen LogP contribution in [0.4, 0.5) is 5.69 Å². The molecule has 2 fully saturated rings. The number of hydrogen-bond acceptors (Lipinski definition) is 3. The Bertz CT molecular complexity index is 484. The molecule has 4 nitrogen and oxygen atoms in total. The van der Waals surface area contributed by atoms with Crippen molar-refractivity contribution in [1.29, 1.82) is 0 Å². The number of likely N-dealkylation sites (N-methyl/N-ethyl adjacent to an activating group) is 1. The van der Waals surface area contributed by atoms with Crippen LogP contribution >= 0.6 is 0 Å². The molecule has 0 spiro atoms. The van der Waals surface area contributed by atoms with E-state index in [-0.39, 0.29) is 11.9 Å². The predicted octanol–water partition coefficient (Wildman–Crippen LogP) is 2.11. The van der Waals surface area contributed by atoms with Crippen LogP contribution in [0.1, 0.15) is 25.7 Å². The minimum absolute atomic E-state index is 0.0452. The molecule has 22 heavy (non-hydrogen) atoms. The zero-order chi connectivity index (χ0) is 15.4. The van der Waals surface area contributed by atoms with Gasteiger partial charge in [0.1, 0.15) is 0 Å². The second kappa shape index (κ2) is 7.25. The van der Waals surface area contributed by atoms with Crippen LogP contribution in [0.25, 0.3) is 0 Å². The number of nitrogens with one attached hydrogen (secondary N) is 1. The highest BCUT2D eigenvalue weighted by Crippen LogP contribution is 2.24. The summed E-state index contributed by atoms with van der Waals surface area (Å²) in [4.78, 5) is 17.1. The standard InChI is InChI=1S/C18H27N3O/c1-20(14-15-9-11-19-12-10-15)17-8-5-13-21(18(17)22)16-6-3-2-4-7-16/h2-4,6-7,15,17,19H,5,8-14H2,1H3. The third-order valence-electron chi connectivity index (χ3n) is 5.02. The summed E-state index contributed by atoms with van der Waals surface area (Å²) in [5, 5.41) is 3.41. The van der Waals surface area contributed by atoms with Crippen molar-refractivity contribution in [2.75, 3.05) is 38.1 Å². The maximum absolute atomic E-state index is 12.9. The zero-order valence-electron chi connectivity index (χ0n) is 13.5. The van der Waals surface area contributed by atoms with Crippen LogP contribution in [0.3, 0.4) is 0 Å². The van der Waals surface area contributed by atoms with Crippen molar-refractivity contribution < 1.29 is 4.79 Å². The normalized spacial score (nSPS) is 24.0. The van der Waals surface area contributed by atoms with E-state index in [4.69, 9.17) is 0 Å². The Morgan fingerprint density at radius 3 is 2.64 bits per heavy atom. The van der Waals surface area contributed by atoms with Crippen molar-refractivity contribution in [1.82, 2.24) is 10.2 Å². The van der Waals surface area contributed by atoms with Gasteiger partial charge in [0.2, 0.25) is 5.91 Å². The number of nitrogens with zero attached hydrogens (tertiary/aromatic N) is 2. The Labute approximate surface area is 133 Å². The molecule has 1 aromatic rings. The Morgan fingerprint density at radius 1 is 1.18 bits per heavy atom. The summed E-state index contributed by atoms with van der Waals surface area (Å²) in [5.41, 5.74) is 1.03. The largest absolute Gasteiger partial charge is 0.317 e. The van der Waals surface area contributed by atoms with E-state index in [1.165, 1.54) is 12.8 Å². The van der Waals surface area contributed by atoms with Gasteiger partial charge in [-0.1, -0.05) is 18.2 Å². The van der Waals surface area contributed by atoms with Gasteiger partial charge in [-0.3, -0.25) is 9.69 Å². The topological polar surface area (TPSA) is 35.6 Å². The van der Waals surface area contributed by atoms with E-state index in [1.807, 2.05) is 35.2 Å². The molecule has 2 aliphatic rings. The summed E-state index contributed by atoms with van der Waals surface area (Å²) in [6, 6.07) is 10.1. The Balaban J connectivity index is 1.64. The van der Waals surface area contributed by atoms with Gasteiger partial charge in [-0.05, 0) is 63.9 Å². The molecule has 0 saturated carbocycles. The fraction of sp³-hybridized carbons (Fsp3) is 0.611. The van der Waals surface area contributed by atoms with E-state index in [9.17, 15) is 4.79 Å². The summed E-state index contributed by atoms with van der Waals surface area (Å²) in [7, 11) is 2.12. The van der Waals surface area contributed by atoms with Crippen LogP contribution in [0, 0.1) is 5.92 Å². The average molecular weight is 301 g/mol. The first-order valence-corrected chi connectivity index (χ1v) is 8.53. The average Bonchev–Trinajstić information content (AvgIpc) is 2.56. The van der Waals surface area contributed by atoms with Gasteiger partial charge in [-0.25, -0.2) is 0 Å². The molecule has 1 amide bonds. The number of anilines is 1. The molecule has 2 saturated heterocycles. The van der Waals surface area contributed by atoms with E-state index < -0.39 is 0 Å². The van der Waals surface area contributed by atoms with Gasteiger partial charge in [-0.2, -0.15) is 0 Å². The van der Waals surface area contributed by atoms with Gasteiger partial charge in [0.25, 0.3) is 0 Å². The van der Waals surface area contributed by atoms with Crippen molar-refractivity contribution in [2.45, 2.75) is 31.7 Å². The maximum atomic E-state index is 12.9. The zero-order valence-corrected chi connectivity index (χ0v) is 13.5. The number of amides is 1. The molecule has 0 aliphatic carbocycles. The molecule has 1 atom stereocenters. The van der Waals surface area contributed by atoms with E-state index >= 15 is 0 Å². The summed E-state index contributed by atoms with van der Waals surface area (Å²) in [5.74, 6) is 1.00. The number of rotatable bonds is 4. The lowest BCUT2D eigenvalue weighted by atomic mass is 9.95. The summed E-state index contributed by atoms with van der Waals surface area (Å²) >= 11 is 0. The molecule has 1 unspecified atom stereocenters. The maximum Gasteiger partial charge on any atom is 0.244 e. The number of carbonyl (C=O) groups excluding carboxylic acids is 1. The van der Waals surface area contributed by atoms with Gasteiger partial charge in [-0.15, -0.1) is 0 Å². The summed E-state index contributed by atoms with van der Waals surface area (Å²) in [6.45, 7) is 4.13. The lowest BCUT2D eigenvalue weighted by molar-refractivity contribution is -0.125. The van der Waals surface area contributed by atoms with Gasteiger partial charge in [0.15, 0.2) is 0 Å². The van der Waals surface area contributed by atoms with E-state index in [2.05, 4.69) is 17.3 Å². The van der Waals surface area contributed by atoms with Crippen molar-refractivity contribution >= 4 is 11.6 Å². The Morgan fingerprint density at radius 2 is 1.91 bits per heavy atom. The van der Waals surface area contributed by atoms with E-state index in [1.54, 1.807) is 0 Å². The smallest absolute Gasteiger partial charge is 0.244 e. The highest BCUT2D eigenvalue weighted by atomic mass is 16.2. The highest BCUT2D eigenvalue weighted by Gasteiger charge is 2.33. The number of hydrogen-bond donors (Lipinski definition) is 1. The van der Waals surface area contributed by atoms with Gasteiger partial charge >= 0.3 is 0 Å². The van der Waals surface area contributed by atoms with E-state index in [0.29, 0.717) is 0 Å². The minimum Gasteiger partial charge on any atom is -0.317 e. The Hall–Kier alpha value is -1.39. The lowest BCUT2D eigenvalue weighted by Crippen LogP contribution is -2.52. The molecule has 3 rings (SSSR count). The molecule has 0 radical (unpaired) electrons. The van der Waals surface area contributed by atoms with Crippen molar-refractivity contribution in [3.05, 3.63) is 30.3 Å². The van der Waals surface area contributed by atoms with E-state index in [0.717, 1.165) is 50.6 Å². The fourth-order valence-electron chi connectivity index (χ4n) is 3.73. The minimum atomic E-state index is 0.0452. The summed E-state index contributed by atoms with van der Waals surface area (Å²) < 4.78 is 0. The quantitative estimate of drug-likeness (QED) is 0.925. The molecule has 0 bridgehead atoms. The number of carbonyl (C=O) groups is 1. The van der Waals surface area contributed by atoms with Gasteiger partial charge in [0, 0.05) is 18.8 Å². The molecule has 120 valence electrons. The monoisotopic (exact) mass is 301 g/mol. The second-order valence-electron chi connectivity index (χ2n) is 6.62. The Kier molecular flexibility index (Phi) is 5.11. The second-order valence-corrected chi connectivity index (χ2v) is 6.62. The van der Waals surface area contributed by atoms with Crippen LogP contribution in [0.5, 0.6) is 0 Å². The predicted molar refractivity (Wildman–Crippen MR) is 90.0 cm³/mol. The molecule has 1 aromatic carbocycles. The van der Waals surface area contributed by atoms with Crippen molar-refractivity contribution in [3.63, 3.8) is 0 Å². The van der Waals surface area contributed by atoms with Gasteiger partial charge < -0.3 is 10.2 Å². The first kappa shape index (κ1) is 15.5. The van der Waals surface area contributed by atoms with Crippen LogP contribution in [0.2, 0.25) is 0 Å². The number of benzene rings is 1. The highest BCUT2D eigenvalue weighted by molar-refractivity contribution is 5.97. The van der Waals surface area contributed by atoms with Crippen LogP contribution in [-0.2, 0) is 4.79 Å². The molecular weight excluding hydrogens is 274 g/mol. The van der Waals surface area contributed by atoms with Crippen LogP contribution < -0.4 is 10.2 Å². The number of piperidine rings is 2. The molecule has 0 aromatic heterocycles. The molecule has 4 heteroatoms. The SMILES string of the molecule is CN(CC1CCNCC1)C1CCCN(c2ccccc2)C1=O. The first-order chi connectivity index (χ1) is 10.8. The van der Waals surface area contributed by atoms with Crippen molar-refractivity contribution in [3.8, 4) is 0 Å². The third-order valence-corrected chi connectivity index (χ3v) is 5.02. The van der Waals surface area contributed by atoms with Crippen molar-refractivity contribution in [2.24, 2.45) is 5.92 Å². The first-order valence-electron chi connectivity index (χ1n) is 8.53. The molecular formula is C18H27N3O.